The zero-order valence-electron chi connectivity index (χ0n) is 8.96. The predicted octanol–water partition coefficient (Wildman–Crippen LogP) is 1.14. The minimum atomic E-state index is 0.121. The molecule has 3 heteroatoms. The number of carbonyl (C=O) groups excluding carboxylic acids is 1. The van der Waals surface area contributed by atoms with Crippen molar-refractivity contribution in [1.29, 1.82) is 0 Å². The van der Waals surface area contributed by atoms with E-state index in [-0.39, 0.29) is 6.04 Å². The van der Waals surface area contributed by atoms with Crippen LogP contribution in [-0.2, 0) is 4.79 Å². The average molecular weight is 196 g/mol. The quantitative estimate of drug-likeness (QED) is 0.682. The van der Waals surface area contributed by atoms with E-state index in [0.717, 1.165) is 25.9 Å². The number of likely N-dealkylation sites (tertiary alicyclic amines) is 1. The number of hydrogen-bond acceptors (Lipinski definition) is 2. The topological polar surface area (TPSA) is 32.3 Å². The number of piperidine rings is 1. The molecule has 0 spiro atoms. The van der Waals surface area contributed by atoms with Crippen LogP contribution >= 0.6 is 0 Å². The van der Waals surface area contributed by atoms with Crippen molar-refractivity contribution in [2.75, 3.05) is 13.1 Å². The van der Waals surface area contributed by atoms with Gasteiger partial charge in [-0.3, -0.25) is 4.79 Å². The predicted molar refractivity (Wildman–Crippen MR) is 56.1 cm³/mol. The van der Waals surface area contributed by atoms with E-state index in [2.05, 4.69) is 17.1 Å². The van der Waals surface area contributed by atoms with Gasteiger partial charge in [0.15, 0.2) is 0 Å². The molecular weight excluding hydrogens is 176 g/mol. The third kappa shape index (κ3) is 1.92. The summed E-state index contributed by atoms with van der Waals surface area (Å²) in [5, 5.41) is 3.28. The second-order valence-corrected chi connectivity index (χ2v) is 4.53. The zero-order chi connectivity index (χ0) is 9.97. The molecule has 2 heterocycles. The molecule has 0 aliphatic carbocycles. The van der Waals surface area contributed by atoms with E-state index >= 15 is 0 Å². The van der Waals surface area contributed by atoms with E-state index in [1.807, 2.05) is 0 Å². The van der Waals surface area contributed by atoms with Crippen molar-refractivity contribution in [3.8, 4) is 0 Å². The summed E-state index contributed by atoms with van der Waals surface area (Å²) < 4.78 is 0. The van der Waals surface area contributed by atoms with Crippen molar-refractivity contribution in [2.24, 2.45) is 0 Å². The van der Waals surface area contributed by atoms with Gasteiger partial charge in [-0.2, -0.15) is 0 Å². The maximum absolute atomic E-state index is 12.1. The van der Waals surface area contributed by atoms with Crippen LogP contribution in [0, 0.1) is 0 Å². The first kappa shape index (κ1) is 9.97. The highest BCUT2D eigenvalue weighted by molar-refractivity contribution is 5.82. The first-order valence-corrected chi connectivity index (χ1v) is 5.83. The van der Waals surface area contributed by atoms with Gasteiger partial charge >= 0.3 is 0 Å². The molecule has 2 aliphatic rings. The maximum atomic E-state index is 12.1. The third-order valence-corrected chi connectivity index (χ3v) is 3.44. The Hall–Kier alpha value is -0.570. The molecule has 14 heavy (non-hydrogen) atoms. The summed E-state index contributed by atoms with van der Waals surface area (Å²) in [6, 6.07) is 0.578. The lowest BCUT2D eigenvalue weighted by Gasteiger charge is -2.35. The first-order chi connectivity index (χ1) is 6.79. The summed E-state index contributed by atoms with van der Waals surface area (Å²) >= 11 is 0. The normalized spacial score (nSPS) is 33.4. The van der Waals surface area contributed by atoms with Crippen LogP contribution < -0.4 is 5.32 Å². The smallest absolute Gasteiger partial charge is 0.239 e. The summed E-state index contributed by atoms with van der Waals surface area (Å²) in [6.07, 6.45) is 5.82. The lowest BCUT2D eigenvalue weighted by Crippen LogP contribution is -2.49. The van der Waals surface area contributed by atoms with Gasteiger partial charge in [-0.05, 0) is 45.6 Å². The molecule has 2 atom stereocenters. The largest absolute Gasteiger partial charge is 0.339 e. The fourth-order valence-corrected chi connectivity index (χ4v) is 2.52. The molecule has 1 N–H and O–H groups in total. The fourth-order valence-electron chi connectivity index (χ4n) is 2.52. The monoisotopic (exact) mass is 196 g/mol. The van der Waals surface area contributed by atoms with Crippen LogP contribution in [0.25, 0.3) is 0 Å². The zero-order valence-corrected chi connectivity index (χ0v) is 8.96. The second kappa shape index (κ2) is 4.30. The highest BCUT2D eigenvalue weighted by Gasteiger charge is 2.30. The molecule has 0 aromatic carbocycles. The third-order valence-electron chi connectivity index (χ3n) is 3.44. The maximum Gasteiger partial charge on any atom is 0.239 e. The van der Waals surface area contributed by atoms with Crippen LogP contribution in [0.5, 0.6) is 0 Å². The van der Waals surface area contributed by atoms with E-state index in [1.165, 1.54) is 19.3 Å². The second-order valence-electron chi connectivity index (χ2n) is 4.53. The molecule has 80 valence electrons. The molecule has 2 fully saturated rings. The first-order valence-electron chi connectivity index (χ1n) is 5.83. The number of amides is 1. The Kier molecular flexibility index (Phi) is 3.06. The Balaban J connectivity index is 1.94. The Morgan fingerprint density at radius 3 is 2.79 bits per heavy atom. The van der Waals surface area contributed by atoms with Crippen LogP contribution in [-0.4, -0.2) is 36.0 Å². The number of nitrogens with zero attached hydrogens (tertiary/aromatic N) is 1. The van der Waals surface area contributed by atoms with Gasteiger partial charge in [-0.15, -0.1) is 0 Å². The molecule has 0 bridgehead atoms. The Labute approximate surface area is 85.8 Å². The Morgan fingerprint density at radius 1 is 1.29 bits per heavy atom. The van der Waals surface area contributed by atoms with E-state index in [9.17, 15) is 4.79 Å². The summed E-state index contributed by atoms with van der Waals surface area (Å²) in [7, 11) is 0. The van der Waals surface area contributed by atoms with Crippen molar-refractivity contribution in [3.63, 3.8) is 0 Å². The van der Waals surface area contributed by atoms with E-state index in [0.29, 0.717) is 11.9 Å². The lowest BCUT2D eigenvalue weighted by molar-refractivity contribution is -0.136. The molecule has 0 radical (unpaired) electrons. The fraction of sp³-hybridized carbons (Fsp3) is 0.909. The van der Waals surface area contributed by atoms with Crippen molar-refractivity contribution >= 4 is 5.91 Å². The summed E-state index contributed by atoms with van der Waals surface area (Å²) in [6.45, 7) is 4.16. The number of nitrogens with one attached hydrogen (secondary N) is 1. The van der Waals surface area contributed by atoms with Gasteiger partial charge in [0.1, 0.15) is 0 Å². The molecular formula is C11H20N2O. The van der Waals surface area contributed by atoms with Gasteiger partial charge < -0.3 is 10.2 Å². The molecule has 1 amide bonds. The van der Waals surface area contributed by atoms with Gasteiger partial charge in [0.05, 0.1) is 6.04 Å². The van der Waals surface area contributed by atoms with E-state index in [4.69, 9.17) is 0 Å². The molecule has 0 aromatic heterocycles. The molecule has 0 saturated carbocycles. The average Bonchev–Trinajstić information content (AvgIpc) is 2.70. The van der Waals surface area contributed by atoms with Crippen LogP contribution in [0.1, 0.15) is 39.0 Å². The number of carbonyl (C=O) groups is 1. The van der Waals surface area contributed by atoms with Crippen molar-refractivity contribution in [1.82, 2.24) is 10.2 Å². The van der Waals surface area contributed by atoms with Crippen LogP contribution in [0.15, 0.2) is 0 Å². The number of hydrogen-bond donors (Lipinski definition) is 1. The molecule has 3 nitrogen and oxygen atoms in total. The van der Waals surface area contributed by atoms with Gasteiger partial charge in [0.2, 0.25) is 5.91 Å². The van der Waals surface area contributed by atoms with Gasteiger partial charge in [-0.25, -0.2) is 0 Å². The standard InChI is InChI=1S/C11H20N2O/c1-9-5-2-3-8-13(9)11(14)10-6-4-7-12-10/h9-10,12H,2-8H2,1H3/t9?,10-/m1/s1. The Bertz CT molecular complexity index is 211. The summed E-state index contributed by atoms with van der Waals surface area (Å²) in [5.74, 6) is 0.342. The highest BCUT2D eigenvalue weighted by atomic mass is 16.2. The van der Waals surface area contributed by atoms with Crippen molar-refractivity contribution in [3.05, 3.63) is 0 Å². The Morgan fingerprint density at radius 2 is 2.14 bits per heavy atom. The summed E-state index contributed by atoms with van der Waals surface area (Å²) in [5.41, 5.74) is 0. The molecule has 2 aliphatic heterocycles. The van der Waals surface area contributed by atoms with E-state index < -0.39 is 0 Å². The van der Waals surface area contributed by atoms with Gasteiger partial charge in [-0.1, -0.05) is 0 Å². The minimum absolute atomic E-state index is 0.121. The van der Waals surface area contributed by atoms with Crippen LogP contribution in [0.2, 0.25) is 0 Å². The summed E-state index contributed by atoms with van der Waals surface area (Å²) in [4.78, 5) is 14.2. The van der Waals surface area contributed by atoms with Crippen molar-refractivity contribution < 1.29 is 4.79 Å². The van der Waals surface area contributed by atoms with Gasteiger partial charge in [0.25, 0.3) is 0 Å². The molecule has 2 rings (SSSR count). The van der Waals surface area contributed by atoms with Crippen molar-refractivity contribution in [2.45, 2.75) is 51.1 Å². The molecule has 1 unspecified atom stereocenters. The van der Waals surface area contributed by atoms with Gasteiger partial charge in [0, 0.05) is 12.6 Å². The molecule has 0 aromatic rings. The lowest BCUT2D eigenvalue weighted by atomic mass is 10.0. The van der Waals surface area contributed by atoms with Crippen LogP contribution in [0.3, 0.4) is 0 Å². The van der Waals surface area contributed by atoms with Crippen LogP contribution in [0.4, 0.5) is 0 Å². The molecule has 2 saturated heterocycles. The SMILES string of the molecule is CC1CCCCN1C(=O)[C@H]1CCCN1. The minimum Gasteiger partial charge on any atom is -0.339 e. The number of rotatable bonds is 1. The van der Waals surface area contributed by atoms with E-state index in [1.54, 1.807) is 0 Å². The highest BCUT2D eigenvalue weighted by Crippen LogP contribution is 2.19.